The second kappa shape index (κ2) is 5.51. The first-order valence-electron chi connectivity index (χ1n) is 7.60. The Morgan fingerprint density at radius 1 is 1.04 bits per heavy atom. The molecule has 4 aromatic rings. The topological polar surface area (TPSA) is 41.6 Å². The predicted molar refractivity (Wildman–Crippen MR) is 102 cm³/mol. The fourth-order valence-electron chi connectivity index (χ4n) is 3.31. The lowest BCUT2D eigenvalue weighted by Crippen LogP contribution is -2.28. The Hall–Kier alpha value is -2.02. The molecule has 0 bridgehead atoms. The van der Waals surface area contributed by atoms with Crippen molar-refractivity contribution >= 4 is 40.1 Å². The van der Waals surface area contributed by atoms with E-state index in [4.69, 9.17) is 0 Å². The van der Waals surface area contributed by atoms with Crippen LogP contribution in [0.1, 0.15) is 21.0 Å². The summed E-state index contributed by atoms with van der Waals surface area (Å²) in [5.41, 5.74) is 5.16. The molecular weight excluding hydrogens is 354 g/mol. The van der Waals surface area contributed by atoms with Gasteiger partial charge in [-0.2, -0.15) is 5.10 Å². The van der Waals surface area contributed by atoms with E-state index in [0.717, 1.165) is 17.0 Å². The van der Waals surface area contributed by atoms with Crippen LogP contribution in [0.3, 0.4) is 0 Å². The Morgan fingerprint density at radius 2 is 1.83 bits per heavy atom. The highest BCUT2D eigenvalue weighted by Gasteiger charge is 2.38. The zero-order chi connectivity index (χ0) is 16.0. The number of hydrogen-bond acceptors (Lipinski definition) is 5. The highest BCUT2D eigenvalue weighted by molar-refractivity contribution is 7.13. The summed E-state index contributed by atoms with van der Waals surface area (Å²) in [7, 11) is 0. The van der Waals surface area contributed by atoms with E-state index in [1.165, 1.54) is 21.0 Å². The number of hydrogen-bond donors (Lipinski definition) is 1. The molecule has 0 aliphatic heterocycles. The monoisotopic (exact) mass is 367 g/mol. The number of H-pyrrole nitrogens is 1. The minimum Gasteiger partial charge on any atom is -0.281 e. The zero-order valence-corrected chi connectivity index (χ0v) is 15.0. The molecule has 118 valence electrons. The number of fused-ring (bicyclic) bond motifs is 1. The van der Waals surface area contributed by atoms with Gasteiger partial charge in [-0.25, -0.2) is 0 Å². The van der Waals surface area contributed by atoms with Crippen LogP contribution in [0.5, 0.6) is 0 Å². The molecule has 1 aliphatic carbocycles. The van der Waals surface area contributed by atoms with Crippen LogP contribution >= 0.6 is 34.0 Å². The number of thiazole rings is 1. The second-order valence-corrected chi connectivity index (χ2v) is 8.55. The average molecular weight is 368 g/mol. The van der Waals surface area contributed by atoms with Crippen molar-refractivity contribution in [2.45, 2.75) is 11.8 Å². The quantitative estimate of drug-likeness (QED) is 0.540. The average Bonchev–Trinajstić information content (AvgIpc) is 3.43. The van der Waals surface area contributed by atoms with Crippen LogP contribution in [0.15, 0.2) is 52.8 Å². The molecule has 4 aromatic heterocycles. The van der Waals surface area contributed by atoms with E-state index >= 15 is 0 Å². The van der Waals surface area contributed by atoms with E-state index < -0.39 is 0 Å². The van der Waals surface area contributed by atoms with E-state index in [-0.39, 0.29) is 5.41 Å². The molecule has 0 amide bonds. The molecule has 0 saturated carbocycles. The normalized spacial score (nSPS) is 15.5. The lowest BCUT2D eigenvalue weighted by atomic mass is 9.76. The Kier molecular flexibility index (Phi) is 3.29. The molecule has 4 heterocycles. The van der Waals surface area contributed by atoms with E-state index in [2.05, 4.69) is 62.4 Å². The first-order chi connectivity index (χ1) is 11.9. The molecule has 0 unspecified atom stereocenters. The van der Waals surface area contributed by atoms with E-state index in [0.29, 0.717) is 0 Å². The molecule has 1 aliphatic rings. The van der Waals surface area contributed by atoms with Crippen LogP contribution in [0, 0.1) is 0 Å². The van der Waals surface area contributed by atoms with Crippen molar-refractivity contribution in [3.63, 3.8) is 0 Å². The van der Waals surface area contributed by atoms with Gasteiger partial charge in [0, 0.05) is 33.6 Å². The molecule has 24 heavy (non-hydrogen) atoms. The third-order valence-electron chi connectivity index (χ3n) is 4.46. The number of thiophene rings is 2. The number of aromatic nitrogens is 3. The summed E-state index contributed by atoms with van der Waals surface area (Å²) in [6.07, 6.45) is 7.38. The molecule has 0 fully saturated rings. The van der Waals surface area contributed by atoms with Crippen molar-refractivity contribution in [2.24, 2.45) is 0 Å². The Balaban J connectivity index is 1.66. The lowest BCUT2D eigenvalue weighted by molar-refractivity contribution is 0.645. The van der Waals surface area contributed by atoms with Gasteiger partial charge in [0.05, 0.1) is 15.8 Å². The molecule has 3 nitrogen and oxygen atoms in total. The summed E-state index contributed by atoms with van der Waals surface area (Å²) in [5, 5.41) is 12.2. The van der Waals surface area contributed by atoms with Crippen LogP contribution in [0.4, 0.5) is 0 Å². The minimum absolute atomic E-state index is 0.0904. The third-order valence-corrected chi connectivity index (χ3v) is 7.34. The van der Waals surface area contributed by atoms with E-state index in [1.807, 2.05) is 34.4 Å². The minimum atomic E-state index is -0.0904. The molecule has 0 aromatic carbocycles. The van der Waals surface area contributed by atoms with Crippen LogP contribution in [-0.2, 0) is 11.8 Å². The highest BCUT2D eigenvalue weighted by Crippen LogP contribution is 2.46. The number of nitrogens with zero attached hydrogens (tertiary/aromatic N) is 2. The van der Waals surface area contributed by atoms with Gasteiger partial charge in [-0.15, -0.1) is 34.0 Å². The first-order valence-corrected chi connectivity index (χ1v) is 10.2. The predicted octanol–water partition coefficient (Wildman–Crippen LogP) is 5.21. The third kappa shape index (κ3) is 2.07. The van der Waals surface area contributed by atoms with Crippen molar-refractivity contribution < 1.29 is 0 Å². The van der Waals surface area contributed by atoms with Gasteiger partial charge in [0.15, 0.2) is 0 Å². The van der Waals surface area contributed by atoms with Crippen molar-refractivity contribution in [1.29, 1.82) is 0 Å². The van der Waals surface area contributed by atoms with Gasteiger partial charge in [-0.3, -0.25) is 10.1 Å². The number of allylic oxidation sites excluding steroid dienone is 1. The summed E-state index contributed by atoms with van der Waals surface area (Å²) >= 11 is 5.26. The van der Waals surface area contributed by atoms with Crippen LogP contribution < -0.4 is 0 Å². The second-order valence-electron chi connectivity index (χ2n) is 5.77. The van der Waals surface area contributed by atoms with E-state index in [1.54, 1.807) is 11.3 Å². The standard InChI is InChI=1S/C18H13N3S3/c1-3-15(22-7-1)18(16-4-2-8-23-16)6-5-12-13(9-18)20-21-17(12)14-10-19-11-24-14/h1-8,10-11H,9H2,(H,20,21). The maximum Gasteiger partial charge on any atom is 0.111 e. The number of rotatable bonds is 3. The summed E-state index contributed by atoms with van der Waals surface area (Å²) in [6, 6.07) is 8.74. The van der Waals surface area contributed by atoms with Gasteiger partial charge < -0.3 is 0 Å². The summed E-state index contributed by atoms with van der Waals surface area (Å²) < 4.78 is 0. The van der Waals surface area contributed by atoms with Gasteiger partial charge in [0.25, 0.3) is 0 Å². The summed E-state index contributed by atoms with van der Waals surface area (Å²) in [4.78, 5) is 8.04. The smallest absolute Gasteiger partial charge is 0.111 e. The Bertz CT molecular complexity index is 943. The molecule has 0 radical (unpaired) electrons. The lowest BCUT2D eigenvalue weighted by Gasteiger charge is -2.31. The van der Waals surface area contributed by atoms with Crippen molar-refractivity contribution in [1.82, 2.24) is 15.2 Å². The molecule has 6 heteroatoms. The van der Waals surface area contributed by atoms with Crippen LogP contribution in [0.2, 0.25) is 0 Å². The summed E-state index contributed by atoms with van der Waals surface area (Å²) in [6.45, 7) is 0. The highest BCUT2D eigenvalue weighted by atomic mass is 32.1. The zero-order valence-electron chi connectivity index (χ0n) is 12.6. The SMILES string of the molecule is C1=CC(c2cccs2)(c2cccs2)Cc2[nH]nc(-c3cncs3)c21. The molecule has 0 spiro atoms. The largest absolute Gasteiger partial charge is 0.281 e. The van der Waals surface area contributed by atoms with Gasteiger partial charge >= 0.3 is 0 Å². The van der Waals surface area contributed by atoms with Crippen molar-refractivity contribution in [3.05, 3.63) is 73.8 Å². The fraction of sp³-hybridized carbons (Fsp3) is 0.111. The fourth-order valence-corrected chi connectivity index (χ4v) is 5.84. The summed E-state index contributed by atoms with van der Waals surface area (Å²) in [5.74, 6) is 0. The molecule has 0 saturated heterocycles. The van der Waals surface area contributed by atoms with Gasteiger partial charge in [-0.1, -0.05) is 24.3 Å². The first kappa shape index (κ1) is 14.3. The molecule has 1 N–H and O–H groups in total. The molecule has 0 atom stereocenters. The Labute approximate surface area is 151 Å². The number of aromatic amines is 1. The van der Waals surface area contributed by atoms with Gasteiger partial charge in [0.1, 0.15) is 5.69 Å². The number of nitrogens with one attached hydrogen (secondary N) is 1. The van der Waals surface area contributed by atoms with Crippen LogP contribution in [-0.4, -0.2) is 15.2 Å². The van der Waals surface area contributed by atoms with E-state index in [9.17, 15) is 0 Å². The maximum atomic E-state index is 4.57. The van der Waals surface area contributed by atoms with Gasteiger partial charge in [-0.05, 0) is 22.9 Å². The Morgan fingerprint density at radius 3 is 2.46 bits per heavy atom. The van der Waals surface area contributed by atoms with Crippen molar-refractivity contribution in [3.8, 4) is 10.6 Å². The van der Waals surface area contributed by atoms with Crippen molar-refractivity contribution in [2.75, 3.05) is 0 Å². The molecule has 5 rings (SSSR count). The van der Waals surface area contributed by atoms with Crippen LogP contribution in [0.25, 0.3) is 16.6 Å². The molecular formula is C18H13N3S3. The maximum absolute atomic E-state index is 4.57. The van der Waals surface area contributed by atoms with Gasteiger partial charge in [0.2, 0.25) is 0 Å².